The number of nitro benzene ring substituents is 1. The minimum absolute atomic E-state index is 0.0598. The van der Waals surface area contributed by atoms with E-state index in [1.807, 2.05) is 0 Å². The lowest BCUT2D eigenvalue weighted by molar-refractivity contribution is -0.425. The number of hydrogen-bond donors (Lipinski definition) is 0. The van der Waals surface area contributed by atoms with Crippen molar-refractivity contribution in [1.29, 1.82) is 0 Å². The van der Waals surface area contributed by atoms with E-state index in [0.717, 1.165) is 0 Å². The van der Waals surface area contributed by atoms with Crippen molar-refractivity contribution in [3.63, 3.8) is 0 Å². The van der Waals surface area contributed by atoms with Crippen molar-refractivity contribution >= 4 is 27.7 Å². The van der Waals surface area contributed by atoms with Crippen molar-refractivity contribution in [1.82, 2.24) is 0 Å². The molecule has 6 nitrogen and oxygen atoms in total. The van der Waals surface area contributed by atoms with Crippen LogP contribution in [0.3, 0.4) is 0 Å². The van der Waals surface area contributed by atoms with Crippen LogP contribution in [0.5, 0.6) is 0 Å². The quantitative estimate of drug-likeness (QED) is 0.630. The van der Waals surface area contributed by atoms with Gasteiger partial charge in [0.1, 0.15) is 0 Å². The zero-order valence-electron chi connectivity index (χ0n) is 8.92. The van der Waals surface area contributed by atoms with Crippen molar-refractivity contribution in [2.24, 2.45) is 0 Å². The Hall–Kier alpha value is -1.76. The molecule has 0 aliphatic rings. The van der Waals surface area contributed by atoms with E-state index in [9.17, 15) is 20.2 Å². The van der Waals surface area contributed by atoms with Gasteiger partial charge in [-0.2, -0.15) is 0 Å². The summed E-state index contributed by atoms with van der Waals surface area (Å²) in [5, 5.41) is 21.4. The minimum atomic E-state index is -0.566. The third-order valence-electron chi connectivity index (χ3n) is 2.11. The zero-order valence-corrected chi connectivity index (χ0v) is 10.5. The molecular formula is C10H9BrN2O4. The summed E-state index contributed by atoms with van der Waals surface area (Å²) in [4.78, 5) is 20.3. The molecule has 1 aromatic rings. The molecule has 0 atom stereocenters. The number of halogens is 1. The lowest BCUT2D eigenvalue weighted by atomic mass is 10.1. The zero-order chi connectivity index (χ0) is 13.0. The second kappa shape index (κ2) is 5.53. The highest BCUT2D eigenvalue weighted by Crippen LogP contribution is 2.26. The summed E-state index contributed by atoms with van der Waals surface area (Å²) in [5.74, 6) is 0. The molecule has 0 unspecified atom stereocenters. The highest BCUT2D eigenvalue weighted by atomic mass is 79.9. The van der Waals surface area contributed by atoms with Gasteiger partial charge in [-0.05, 0) is 12.1 Å². The highest BCUT2D eigenvalue weighted by molar-refractivity contribution is 9.10. The van der Waals surface area contributed by atoms with E-state index in [4.69, 9.17) is 0 Å². The number of nitrogens with zero attached hydrogens (tertiary/aromatic N) is 2. The number of nitro groups is 2. The third kappa shape index (κ3) is 3.35. The molecule has 0 aliphatic heterocycles. The lowest BCUT2D eigenvalue weighted by Crippen LogP contribution is -1.98. The van der Waals surface area contributed by atoms with Gasteiger partial charge >= 0.3 is 0 Å². The van der Waals surface area contributed by atoms with Gasteiger partial charge in [0, 0.05) is 23.0 Å². The summed E-state index contributed by atoms with van der Waals surface area (Å²) in [7, 11) is 0. The van der Waals surface area contributed by atoms with Crippen LogP contribution in [0.25, 0.3) is 6.08 Å². The van der Waals surface area contributed by atoms with Gasteiger partial charge in [-0.15, -0.1) is 0 Å². The van der Waals surface area contributed by atoms with E-state index in [1.54, 1.807) is 13.0 Å². The molecule has 0 fully saturated rings. The maximum atomic E-state index is 10.8. The fourth-order valence-electron chi connectivity index (χ4n) is 1.26. The minimum Gasteiger partial charge on any atom is -0.259 e. The topological polar surface area (TPSA) is 86.3 Å². The van der Waals surface area contributed by atoms with Crippen LogP contribution in [0.4, 0.5) is 5.69 Å². The number of benzene rings is 1. The summed E-state index contributed by atoms with van der Waals surface area (Å²) in [6.45, 7) is 1.62. The van der Waals surface area contributed by atoms with Crippen LogP contribution in [0.15, 0.2) is 28.4 Å². The van der Waals surface area contributed by atoms with Gasteiger partial charge < -0.3 is 0 Å². The summed E-state index contributed by atoms with van der Waals surface area (Å²) in [6.07, 6.45) is 1.44. The van der Waals surface area contributed by atoms with Gasteiger partial charge in [0.2, 0.25) is 5.70 Å². The molecule has 0 amide bonds. The van der Waals surface area contributed by atoms with Crippen molar-refractivity contribution in [2.75, 3.05) is 0 Å². The SMILES string of the molecule is CC/C(=C/c1ccc(Br)cc1[N+](=O)[O-])[N+](=O)[O-]. The van der Waals surface area contributed by atoms with Crippen molar-refractivity contribution in [3.8, 4) is 0 Å². The average Bonchev–Trinajstić information content (AvgIpc) is 2.26. The molecule has 90 valence electrons. The average molecular weight is 301 g/mol. The molecule has 1 aromatic carbocycles. The molecule has 0 saturated heterocycles. The standard InChI is InChI=1S/C10H9BrN2O4/c1-2-9(12(14)15)5-7-3-4-8(11)6-10(7)13(16)17/h3-6H,2H2,1H3/b9-5-. The first-order chi connectivity index (χ1) is 7.95. The van der Waals surface area contributed by atoms with Crippen LogP contribution in [-0.2, 0) is 0 Å². The van der Waals surface area contributed by atoms with Crippen molar-refractivity contribution in [2.45, 2.75) is 13.3 Å². The highest BCUT2D eigenvalue weighted by Gasteiger charge is 2.16. The molecule has 0 aliphatic carbocycles. The van der Waals surface area contributed by atoms with E-state index in [2.05, 4.69) is 15.9 Å². The van der Waals surface area contributed by atoms with E-state index in [0.29, 0.717) is 4.47 Å². The van der Waals surface area contributed by atoms with Gasteiger partial charge in [-0.25, -0.2) is 0 Å². The van der Waals surface area contributed by atoms with Crippen LogP contribution in [-0.4, -0.2) is 9.85 Å². The fraction of sp³-hybridized carbons (Fsp3) is 0.200. The predicted octanol–water partition coefficient (Wildman–Crippen LogP) is 3.38. The van der Waals surface area contributed by atoms with E-state index < -0.39 is 9.85 Å². The molecule has 0 aromatic heterocycles. The Balaban J connectivity index is 3.31. The van der Waals surface area contributed by atoms with Crippen molar-refractivity contribution < 1.29 is 9.85 Å². The molecular weight excluding hydrogens is 292 g/mol. The Morgan fingerprint density at radius 2 is 2.06 bits per heavy atom. The van der Waals surface area contributed by atoms with Gasteiger partial charge in [0.15, 0.2) is 0 Å². The Bertz CT molecular complexity index is 499. The number of allylic oxidation sites excluding steroid dienone is 1. The second-order valence-corrected chi connectivity index (χ2v) is 4.12. The Labute approximate surface area is 105 Å². The molecule has 0 saturated carbocycles. The first-order valence-electron chi connectivity index (χ1n) is 4.74. The largest absolute Gasteiger partial charge is 0.277 e. The van der Waals surface area contributed by atoms with Crippen LogP contribution in [0, 0.1) is 20.2 Å². The van der Waals surface area contributed by atoms with Crippen molar-refractivity contribution in [3.05, 3.63) is 54.2 Å². The number of hydrogen-bond acceptors (Lipinski definition) is 4. The summed E-state index contributed by atoms with van der Waals surface area (Å²) >= 11 is 3.12. The van der Waals surface area contributed by atoms with E-state index in [1.165, 1.54) is 18.2 Å². The third-order valence-corrected chi connectivity index (χ3v) is 2.60. The molecule has 0 N–H and O–H groups in total. The normalized spacial score (nSPS) is 11.3. The molecule has 7 heteroatoms. The first-order valence-corrected chi connectivity index (χ1v) is 5.54. The maximum absolute atomic E-state index is 10.8. The second-order valence-electron chi connectivity index (χ2n) is 3.21. The summed E-state index contributed by atoms with van der Waals surface area (Å²) in [5.41, 5.74) is 0.00866. The van der Waals surface area contributed by atoms with Gasteiger partial charge in [0.25, 0.3) is 5.69 Å². The Morgan fingerprint density at radius 1 is 1.41 bits per heavy atom. The van der Waals surface area contributed by atoms with Gasteiger partial charge in [0.05, 0.1) is 15.4 Å². The van der Waals surface area contributed by atoms with E-state index in [-0.39, 0.29) is 23.4 Å². The van der Waals surface area contributed by atoms with Crippen LogP contribution in [0.2, 0.25) is 0 Å². The van der Waals surface area contributed by atoms with Gasteiger partial charge in [-0.1, -0.05) is 22.9 Å². The Kier molecular flexibility index (Phi) is 4.33. The summed E-state index contributed by atoms with van der Waals surface area (Å²) in [6, 6.07) is 4.40. The smallest absolute Gasteiger partial charge is 0.259 e. The van der Waals surface area contributed by atoms with Crippen LogP contribution >= 0.6 is 15.9 Å². The molecule has 17 heavy (non-hydrogen) atoms. The molecule has 0 radical (unpaired) electrons. The maximum Gasteiger partial charge on any atom is 0.277 e. The predicted molar refractivity (Wildman–Crippen MR) is 66.1 cm³/mol. The monoisotopic (exact) mass is 300 g/mol. The van der Waals surface area contributed by atoms with Crippen LogP contribution in [0.1, 0.15) is 18.9 Å². The molecule has 0 spiro atoms. The molecule has 0 bridgehead atoms. The molecule has 0 heterocycles. The first kappa shape index (κ1) is 13.3. The number of rotatable bonds is 4. The molecule has 1 rings (SSSR count). The summed E-state index contributed by atoms with van der Waals surface area (Å²) < 4.78 is 0.556. The van der Waals surface area contributed by atoms with Gasteiger partial charge in [-0.3, -0.25) is 20.2 Å². The van der Waals surface area contributed by atoms with E-state index >= 15 is 0 Å². The lowest BCUT2D eigenvalue weighted by Gasteiger charge is -1.99. The fourth-order valence-corrected chi connectivity index (χ4v) is 1.61. The Morgan fingerprint density at radius 3 is 2.53 bits per heavy atom. The van der Waals surface area contributed by atoms with Crippen LogP contribution < -0.4 is 0 Å².